The summed E-state index contributed by atoms with van der Waals surface area (Å²) in [5, 5.41) is 3.21. The van der Waals surface area contributed by atoms with Crippen molar-refractivity contribution in [2.45, 2.75) is 85.4 Å². The molecular weight excluding hydrogens is 272 g/mol. The van der Waals surface area contributed by atoms with Gasteiger partial charge in [0.15, 0.2) is 0 Å². The lowest BCUT2D eigenvalue weighted by Gasteiger charge is -2.34. The molecule has 0 aromatic carbocycles. The predicted molar refractivity (Wildman–Crippen MR) is 85.5 cm³/mol. The molecule has 3 N–H and O–H groups in total. The molecule has 6 heteroatoms. The van der Waals surface area contributed by atoms with Crippen molar-refractivity contribution in [2.75, 3.05) is 6.54 Å². The standard InChI is InChI=1S/C14H34N2O3Si/c1-11(2)17-20(18-12(3)4,19-13(5)6)10-8-9-16-14(7)15/h11-14,16H,8-10,15H2,1-7H3. The lowest BCUT2D eigenvalue weighted by atomic mass is 10.4. The van der Waals surface area contributed by atoms with Crippen LogP contribution in [0, 0.1) is 0 Å². The summed E-state index contributed by atoms with van der Waals surface area (Å²) in [6, 6.07) is 0.807. The Morgan fingerprint density at radius 2 is 1.25 bits per heavy atom. The molecule has 0 aliphatic heterocycles. The van der Waals surface area contributed by atoms with Gasteiger partial charge in [-0.2, -0.15) is 0 Å². The number of hydrogen-bond donors (Lipinski definition) is 2. The second kappa shape index (κ2) is 9.86. The second-order valence-corrected chi connectivity index (χ2v) is 8.60. The zero-order chi connectivity index (χ0) is 15.8. The molecule has 0 bridgehead atoms. The van der Waals surface area contributed by atoms with Crippen LogP contribution < -0.4 is 11.1 Å². The molecule has 0 spiro atoms. The lowest BCUT2D eigenvalue weighted by molar-refractivity contribution is 0.00288. The van der Waals surface area contributed by atoms with Gasteiger partial charge < -0.3 is 24.3 Å². The summed E-state index contributed by atoms with van der Waals surface area (Å²) >= 11 is 0. The Kier molecular flexibility index (Phi) is 9.87. The van der Waals surface area contributed by atoms with Gasteiger partial charge in [0.05, 0.1) is 6.17 Å². The van der Waals surface area contributed by atoms with Crippen LogP contribution in [0.5, 0.6) is 0 Å². The van der Waals surface area contributed by atoms with Gasteiger partial charge in [0, 0.05) is 24.4 Å². The van der Waals surface area contributed by atoms with Gasteiger partial charge in [0.2, 0.25) is 0 Å². The van der Waals surface area contributed by atoms with Gasteiger partial charge in [0.1, 0.15) is 0 Å². The summed E-state index contributed by atoms with van der Waals surface area (Å²) in [5.41, 5.74) is 5.69. The molecule has 0 aromatic rings. The van der Waals surface area contributed by atoms with Crippen molar-refractivity contribution in [1.82, 2.24) is 5.32 Å². The van der Waals surface area contributed by atoms with Crippen LogP contribution in [0.15, 0.2) is 0 Å². The molecule has 0 saturated heterocycles. The Morgan fingerprint density at radius 3 is 1.55 bits per heavy atom. The van der Waals surface area contributed by atoms with Gasteiger partial charge in [-0.3, -0.25) is 0 Å². The van der Waals surface area contributed by atoms with Gasteiger partial charge >= 0.3 is 8.80 Å². The van der Waals surface area contributed by atoms with Crippen LogP contribution in [0.3, 0.4) is 0 Å². The molecule has 122 valence electrons. The zero-order valence-electron chi connectivity index (χ0n) is 14.2. The Labute approximate surface area is 125 Å². The minimum absolute atomic E-state index is 0.00844. The summed E-state index contributed by atoms with van der Waals surface area (Å²) in [5.74, 6) is 0. The molecule has 0 fully saturated rings. The molecule has 0 aromatic heterocycles. The highest BCUT2D eigenvalue weighted by molar-refractivity contribution is 6.60. The number of hydrogen-bond acceptors (Lipinski definition) is 5. The normalized spacial score (nSPS) is 14.6. The van der Waals surface area contributed by atoms with Crippen LogP contribution >= 0.6 is 0 Å². The average Bonchev–Trinajstić information content (AvgIpc) is 2.20. The SMILES string of the molecule is CC(N)NCCC[Si](OC(C)C)(OC(C)C)OC(C)C. The molecule has 0 radical (unpaired) electrons. The maximum Gasteiger partial charge on any atom is 0.501 e. The highest BCUT2D eigenvalue weighted by Crippen LogP contribution is 2.23. The van der Waals surface area contributed by atoms with E-state index in [1.54, 1.807) is 0 Å². The largest absolute Gasteiger partial charge is 0.501 e. The van der Waals surface area contributed by atoms with Gasteiger partial charge in [-0.25, -0.2) is 0 Å². The van der Waals surface area contributed by atoms with Crippen molar-refractivity contribution in [3.8, 4) is 0 Å². The summed E-state index contributed by atoms with van der Waals surface area (Å²) in [4.78, 5) is 0. The van der Waals surface area contributed by atoms with E-state index in [1.165, 1.54) is 0 Å². The molecule has 0 amide bonds. The van der Waals surface area contributed by atoms with E-state index in [2.05, 4.69) is 5.32 Å². The van der Waals surface area contributed by atoms with Crippen molar-refractivity contribution in [1.29, 1.82) is 0 Å². The van der Waals surface area contributed by atoms with Crippen LogP contribution in [-0.4, -0.2) is 39.8 Å². The lowest BCUT2D eigenvalue weighted by Crippen LogP contribution is -2.51. The molecule has 1 unspecified atom stereocenters. The summed E-state index contributed by atoms with van der Waals surface area (Å²) in [6.45, 7) is 14.9. The minimum atomic E-state index is -2.64. The van der Waals surface area contributed by atoms with Crippen LogP contribution in [-0.2, 0) is 13.3 Å². The highest BCUT2D eigenvalue weighted by Gasteiger charge is 2.43. The van der Waals surface area contributed by atoms with E-state index in [4.69, 9.17) is 19.0 Å². The molecular formula is C14H34N2O3Si. The fourth-order valence-electron chi connectivity index (χ4n) is 1.97. The van der Waals surface area contributed by atoms with Gasteiger partial charge in [-0.15, -0.1) is 0 Å². The topological polar surface area (TPSA) is 65.7 Å². The minimum Gasteiger partial charge on any atom is -0.371 e. The fourth-order valence-corrected chi connectivity index (χ4v) is 5.26. The van der Waals surface area contributed by atoms with Gasteiger partial charge in [-0.05, 0) is 61.4 Å². The van der Waals surface area contributed by atoms with Crippen molar-refractivity contribution >= 4 is 8.80 Å². The van der Waals surface area contributed by atoms with Gasteiger partial charge in [0.25, 0.3) is 0 Å². The molecule has 0 heterocycles. The first-order valence-corrected chi connectivity index (χ1v) is 9.62. The van der Waals surface area contributed by atoms with Crippen molar-refractivity contribution in [2.24, 2.45) is 5.73 Å². The summed E-state index contributed by atoms with van der Waals surface area (Å²) < 4.78 is 18.3. The molecule has 1 atom stereocenters. The molecule has 5 nitrogen and oxygen atoms in total. The first-order chi connectivity index (χ1) is 9.17. The number of nitrogens with one attached hydrogen (secondary N) is 1. The highest BCUT2D eigenvalue weighted by atomic mass is 28.4. The van der Waals surface area contributed by atoms with Crippen LogP contribution in [0.2, 0.25) is 6.04 Å². The second-order valence-electron chi connectivity index (χ2n) is 6.03. The number of nitrogens with two attached hydrogens (primary N) is 1. The first-order valence-electron chi connectivity index (χ1n) is 7.69. The maximum atomic E-state index is 6.10. The fraction of sp³-hybridized carbons (Fsp3) is 1.00. The van der Waals surface area contributed by atoms with Crippen LogP contribution in [0.4, 0.5) is 0 Å². The molecule has 0 aliphatic carbocycles. The van der Waals surface area contributed by atoms with E-state index in [1.807, 2.05) is 48.5 Å². The van der Waals surface area contributed by atoms with E-state index < -0.39 is 8.80 Å². The molecule has 0 rings (SSSR count). The van der Waals surface area contributed by atoms with Crippen molar-refractivity contribution in [3.63, 3.8) is 0 Å². The van der Waals surface area contributed by atoms with Crippen LogP contribution in [0.1, 0.15) is 54.9 Å². The third kappa shape index (κ3) is 9.85. The summed E-state index contributed by atoms with van der Waals surface area (Å²) in [7, 11) is -2.64. The van der Waals surface area contributed by atoms with Gasteiger partial charge in [-0.1, -0.05) is 0 Å². The van der Waals surface area contributed by atoms with E-state index >= 15 is 0 Å². The van der Waals surface area contributed by atoms with E-state index in [0.29, 0.717) is 0 Å². The van der Waals surface area contributed by atoms with E-state index in [-0.39, 0.29) is 24.5 Å². The third-order valence-corrected chi connectivity index (χ3v) is 5.83. The Morgan fingerprint density at radius 1 is 0.850 bits per heavy atom. The van der Waals surface area contributed by atoms with E-state index in [0.717, 1.165) is 19.0 Å². The van der Waals surface area contributed by atoms with Crippen molar-refractivity contribution in [3.05, 3.63) is 0 Å². The quantitative estimate of drug-likeness (QED) is 0.349. The Hall–Kier alpha value is 0.0169. The average molecular weight is 307 g/mol. The summed E-state index contributed by atoms with van der Waals surface area (Å²) in [6.07, 6.45) is 1.23. The third-order valence-electron chi connectivity index (χ3n) is 2.37. The first kappa shape index (κ1) is 20.0. The smallest absolute Gasteiger partial charge is 0.371 e. The van der Waals surface area contributed by atoms with Crippen molar-refractivity contribution < 1.29 is 13.3 Å². The Bertz CT molecular complexity index is 222. The monoisotopic (exact) mass is 306 g/mol. The zero-order valence-corrected chi connectivity index (χ0v) is 15.2. The molecule has 0 saturated carbocycles. The predicted octanol–water partition coefficient (Wildman–Crippen LogP) is 2.48. The van der Waals surface area contributed by atoms with Crippen LogP contribution in [0.25, 0.3) is 0 Å². The maximum absolute atomic E-state index is 6.10. The van der Waals surface area contributed by atoms with E-state index in [9.17, 15) is 0 Å². The molecule has 20 heavy (non-hydrogen) atoms. The number of rotatable bonds is 11. The molecule has 0 aliphatic rings. The Balaban J connectivity index is 4.68.